The first kappa shape index (κ1) is 60.3. The summed E-state index contributed by atoms with van der Waals surface area (Å²) >= 11 is 0. The van der Waals surface area contributed by atoms with Crippen molar-refractivity contribution in [1.29, 1.82) is 0 Å². The van der Waals surface area contributed by atoms with Crippen molar-refractivity contribution in [3.63, 3.8) is 0 Å². The first-order chi connectivity index (χ1) is 31.3. The van der Waals surface area contributed by atoms with Gasteiger partial charge in [-0.05, 0) is 37.8 Å². The van der Waals surface area contributed by atoms with Crippen molar-refractivity contribution in [3.05, 3.63) is 88.5 Å². The fraction of sp³-hybridized carbons (Fsp3) is 0.571. The molecule has 3 aromatic carbocycles. The van der Waals surface area contributed by atoms with Gasteiger partial charge < -0.3 is 18.3 Å². The zero-order valence-electron chi connectivity index (χ0n) is 37.1. The Hall–Kier alpha value is -3.85. The van der Waals surface area contributed by atoms with Gasteiger partial charge in [-0.3, -0.25) is 0 Å². The molecule has 0 bridgehead atoms. The quantitative estimate of drug-likeness (QED) is 0.0349. The molecule has 0 spiro atoms. The van der Waals surface area contributed by atoms with Gasteiger partial charge in [0.25, 0.3) is 0 Å². The number of hydrogen-bond acceptors (Lipinski definition) is 7. The molecule has 26 heteroatoms. The van der Waals surface area contributed by atoms with Crippen LogP contribution in [-0.4, -0.2) is 98.5 Å². The lowest BCUT2D eigenvalue weighted by molar-refractivity contribution is -1.01. The second-order valence-electron chi connectivity index (χ2n) is 16.1. The predicted molar refractivity (Wildman–Crippen MR) is 213 cm³/mol. The number of hydrogen-bond donors (Lipinski definition) is 0. The Morgan fingerprint density at radius 1 is 0.515 bits per heavy atom. The van der Waals surface area contributed by atoms with Gasteiger partial charge in [-0.1, -0.05) is 71.6 Å². The number of nitrogens with zero attached hydrogens (tertiary/aromatic N) is 2. The van der Waals surface area contributed by atoms with Gasteiger partial charge in [-0.25, -0.2) is 65.2 Å². The summed E-state index contributed by atoms with van der Waals surface area (Å²) in [5, 5.41) is 0. The van der Waals surface area contributed by atoms with Gasteiger partial charge >= 0.3 is 17.8 Å². The summed E-state index contributed by atoms with van der Waals surface area (Å²) in [6.45, 7) is 12.6. The Morgan fingerprint density at radius 3 is 1.13 bits per heavy atom. The minimum atomic E-state index is -5.77. The predicted octanol–water partition coefficient (Wildman–Crippen LogP) is 11.2. The maximum atomic E-state index is 15.8. The Balaban J connectivity index is 0.000000324. The van der Waals surface area contributed by atoms with Gasteiger partial charge in [0.15, 0.2) is 53.1 Å². The van der Waals surface area contributed by atoms with Crippen LogP contribution in [0.4, 0.5) is 65.9 Å². The summed E-state index contributed by atoms with van der Waals surface area (Å²) in [5.74, 6) is -39.0. The van der Waals surface area contributed by atoms with Crippen LogP contribution in [0.5, 0.6) is 5.75 Å². The molecule has 5 rings (SSSR count). The molecule has 0 amide bonds. The molecular weight excluding hydrogens is 994 g/mol. The van der Waals surface area contributed by atoms with E-state index >= 15 is 4.39 Å². The normalized spacial score (nSPS) is 19.0. The first-order valence-corrected chi connectivity index (χ1v) is 24.0. The fourth-order valence-electron chi connectivity index (χ4n) is 7.55. The number of quaternary nitrogens is 2. The van der Waals surface area contributed by atoms with Crippen LogP contribution in [0.1, 0.15) is 91.9 Å². The first-order valence-electron chi connectivity index (χ1n) is 21.2. The number of likely N-dealkylation sites (tertiary alicyclic amines) is 2. The summed E-state index contributed by atoms with van der Waals surface area (Å²) in [5.41, 5.74) is 0. The lowest BCUT2D eigenvalue weighted by Crippen LogP contribution is -2.67. The highest BCUT2D eigenvalue weighted by molar-refractivity contribution is 7.86. The number of benzene rings is 3. The Labute approximate surface area is 384 Å². The molecule has 2 fully saturated rings. The van der Waals surface area contributed by atoms with Gasteiger partial charge in [-0.2, -0.15) is 17.6 Å². The minimum Gasteiger partial charge on any atom is -0.744 e. The lowest BCUT2D eigenvalue weighted by atomic mass is 10.1. The van der Waals surface area contributed by atoms with E-state index in [0.717, 1.165) is 0 Å². The summed E-state index contributed by atoms with van der Waals surface area (Å²) in [6.07, 6.45) is 10.5. The molecule has 0 aliphatic carbocycles. The third-order valence-corrected chi connectivity index (χ3v) is 12.9. The lowest BCUT2D eigenvalue weighted by Gasteiger charge is -2.42. The number of unbranched alkanes of at least 4 members (excludes halogenated alkanes) is 4. The van der Waals surface area contributed by atoms with E-state index < -0.39 is 117 Å². The molecule has 2 saturated heterocycles. The van der Waals surface area contributed by atoms with E-state index in [1.807, 2.05) is 0 Å². The Bertz CT molecular complexity index is 2200. The van der Waals surface area contributed by atoms with E-state index in [9.17, 15) is 87.4 Å². The molecule has 0 saturated carbocycles. The second-order valence-corrected chi connectivity index (χ2v) is 18.7. The van der Waals surface area contributed by atoms with Gasteiger partial charge in [-0.15, -0.1) is 4.39 Å². The van der Waals surface area contributed by atoms with Crippen molar-refractivity contribution >= 4 is 20.2 Å². The number of alkyl halides is 5. The molecule has 3 aromatic rings. The number of para-hydroxylation sites is 1. The van der Waals surface area contributed by atoms with Crippen LogP contribution in [0.15, 0.2) is 40.1 Å². The molecule has 2 aliphatic rings. The molecule has 1 unspecified atom stereocenters. The molecule has 0 aromatic heterocycles. The van der Waals surface area contributed by atoms with Crippen LogP contribution in [0.2, 0.25) is 0 Å². The Morgan fingerprint density at radius 2 is 0.824 bits per heavy atom. The van der Waals surface area contributed by atoms with Gasteiger partial charge in [0.1, 0.15) is 35.8 Å². The SMILES string of the molecule is CCCC[N+]1(CCCC)CC(F)(F)C(F)(F)C1(F)Oc1ccccc1.CCCC[N+]1(CCCC)CCCC1.O=S(=O)([O-])c1c(F)c(F)c(F)c(F)c1F.O=S(=O)([O-])c1c(F)c(F)c(F)c(F)c1F. The molecule has 0 N–H and O–H groups in total. The number of ether oxygens (including phenoxy) is 1. The van der Waals surface area contributed by atoms with Crippen LogP contribution in [0, 0.1) is 58.2 Å². The highest BCUT2D eigenvalue weighted by Gasteiger charge is 2.89. The zero-order valence-corrected chi connectivity index (χ0v) is 38.8. The molecule has 0 radical (unpaired) electrons. The van der Waals surface area contributed by atoms with Crippen LogP contribution in [-0.2, 0) is 20.2 Å². The summed E-state index contributed by atoms with van der Waals surface area (Å²) in [6, 6.07) is 7.16. The van der Waals surface area contributed by atoms with Gasteiger partial charge in [0, 0.05) is 12.8 Å². The van der Waals surface area contributed by atoms with Gasteiger partial charge in [0.2, 0.25) is 11.6 Å². The summed E-state index contributed by atoms with van der Waals surface area (Å²) < 4.78 is 264. The average Bonchev–Trinajstić information content (AvgIpc) is 3.78. The smallest absolute Gasteiger partial charge is 0.470 e. The van der Waals surface area contributed by atoms with Crippen LogP contribution >= 0.6 is 0 Å². The standard InChI is InChI=1S/C18H25F5NO.C12H26N.2C6HF5O3S/c1-3-5-12-24(13-6-4-2)14-16(19,20)17(21,22)18(24,23)25-15-10-8-7-9-11-15;1-3-5-9-13(10-6-4-2)11-7-8-12-13;2*7-1-2(8)4(10)6(15(12,13)14)5(11)3(1)9/h7-11H,3-6,12-14H2,1-2H3;3-12H2,1-2H3;2*(H,12,13,14)/q2*+1;;/p-2. The Kier molecular flexibility index (Phi) is 21.6. The zero-order chi connectivity index (χ0) is 52.3. The monoisotopic (exact) mass is 1040 g/mol. The van der Waals surface area contributed by atoms with Crippen LogP contribution < -0.4 is 4.74 Å². The molecule has 68 heavy (non-hydrogen) atoms. The summed E-state index contributed by atoms with van der Waals surface area (Å²) in [7, 11) is -11.5. The third kappa shape index (κ3) is 13.5. The van der Waals surface area contributed by atoms with E-state index in [1.54, 1.807) is 19.9 Å². The van der Waals surface area contributed by atoms with Crippen molar-refractivity contribution in [2.45, 2.75) is 120 Å². The van der Waals surface area contributed by atoms with Crippen molar-refractivity contribution in [1.82, 2.24) is 0 Å². The molecule has 2 aliphatic heterocycles. The highest BCUT2D eigenvalue weighted by Crippen LogP contribution is 2.57. The topological polar surface area (TPSA) is 124 Å². The maximum Gasteiger partial charge on any atom is 0.470 e. The molecule has 2 heterocycles. The molecular formula is C42H51F15N2O7S2. The highest BCUT2D eigenvalue weighted by atomic mass is 32.2. The van der Waals surface area contributed by atoms with E-state index in [1.165, 1.54) is 93.5 Å². The van der Waals surface area contributed by atoms with E-state index in [0.29, 0.717) is 25.7 Å². The largest absolute Gasteiger partial charge is 0.744 e. The number of halogens is 15. The molecule has 9 nitrogen and oxygen atoms in total. The molecule has 388 valence electrons. The second kappa shape index (κ2) is 24.3. The minimum absolute atomic E-state index is 0.120. The number of rotatable bonds is 16. The third-order valence-electron chi connectivity index (χ3n) is 11.2. The average molecular weight is 1040 g/mol. The van der Waals surface area contributed by atoms with Crippen molar-refractivity contribution < 1.29 is 106 Å². The summed E-state index contributed by atoms with van der Waals surface area (Å²) in [4.78, 5) is -4.75. The van der Waals surface area contributed by atoms with Crippen molar-refractivity contribution in [3.8, 4) is 5.75 Å². The van der Waals surface area contributed by atoms with Gasteiger partial charge in [0.05, 0.1) is 39.3 Å². The van der Waals surface area contributed by atoms with Crippen LogP contribution in [0.3, 0.4) is 0 Å². The fourth-order valence-corrected chi connectivity index (χ4v) is 8.79. The maximum absolute atomic E-state index is 15.8. The van der Waals surface area contributed by atoms with E-state index in [2.05, 4.69) is 13.8 Å². The van der Waals surface area contributed by atoms with Crippen molar-refractivity contribution in [2.75, 3.05) is 45.8 Å². The van der Waals surface area contributed by atoms with Crippen LogP contribution in [0.25, 0.3) is 0 Å². The van der Waals surface area contributed by atoms with Crippen molar-refractivity contribution in [2.24, 2.45) is 0 Å². The van der Waals surface area contributed by atoms with E-state index in [-0.39, 0.29) is 18.8 Å². The van der Waals surface area contributed by atoms with E-state index in [4.69, 9.17) is 4.74 Å². The molecule has 1 atom stereocenters.